The molecule has 1 heterocycles. The Bertz CT molecular complexity index is 575. The van der Waals surface area contributed by atoms with E-state index >= 15 is 0 Å². The maximum absolute atomic E-state index is 13.4. The number of pyridine rings is 1. The Morgan fingerprint density at radius 2 is 1.83 bits per heavy atom. The van der Waals surface area contributed by atoms with E-state index in [2.05, 4.69) is 10.3 Å². The van der Waals surface area contributed by atoms with Crippen molar-refractivity contribution in [2.24, 2.45) is 0 Å². The Morgan fingerprint density at radius 3 is 2.50 bits per heavy atom. The van der Waals surface area contributed by atoms with E-state index in [1.807, 2.05) is 0 Å². The van der Waals surface area contributed by atoms with Crippen molar-refractivity contribution in [3.05, 3.63) is 58.5 Å². The predicted molar refractivity (Wildman–Crippen MR) is 62.9 cm³/mol. The largest absolute Gasteiger partial charge is 0.364 e. The quantitative estimate of drug-likeness (QED) is 0.920. The molecule has 0 radical (unpaired) electrons. The molecule has 2 rings (SSSR count). The number of nitrogens with one attached hydrogen (secondary N) is 1. The lowest BCUT2D eigenvalue weighted by Crippen LogP contribution is -2.04. The van der Waals surface area contributed by atoms with Crippen LogP contribution in [0.2, 0.25) is 5.02 Å². The highest BCUT2D eigenvalue weighted by atomic mass is 35.5. The second kappa shape index (κ2) is 5.27. The van der Waals surface area contributed by atoms with Crippen LogP contribution in [-0.2, 0) is 6.54 Å². The zero-order valence-electron chi connectivity index (χ0n) is 9.05. The monoisotopic (exact) mass is 272 g/mol. The molecule has 18 heavy (non-hydrogen) atoms. The third kappa shape index (κ3) is 2.92. The van der Waals surface area contributed by atoms with E-state index in [-0.39, 0.29) is 17.4 Å². The molecular formula is C12H8ClF3N2. The molecule has 0 atom stereocenters. The summed E-state index contributed by atoms with van der Waals surface area (Å²) >= 11 is 5.55. The molecule has 0 spiro atoms. The fraction of sp³-hybridized carbons (Fsp3) is 0.0833. The van der Waals surface area contributed by atoms with E-state index in [9.17, 15) is 13.2 Å². The summed E-state index contributed by atoms with van der Waals surface area (Å²) in [7, 11) is 0. The highest BCUT2D eigenvalue weighted by molar-refractivity contribution is 6.30. The van der Waals surface area contributed by atoms with Crippen molar-refractivity contribution in [3.63, 3.8) is 0 Å². The minimum absolute atomic E-state index is 0.00383. The molecule has 0 aliphatic heterocycles. The number of anilines is 1. The van der Waals surface area contributed by atoms with Crippen LogP contribution in [-0.4, -0.2) is 4.98 Å². The molecule has 94 valence electrons. The Balaban J connectivity index is 2.09. The maximum Gasteiger partial charge on any atom is 0.166 e. The van der Waals surface area contributed by atoms with E-state index in [0.717, 1.165) is 18.2 Å². The topological polar surface area (TPSA) is 24.9 Å². The number of halogens is 4. The standard InChI is InChI=1S/C12H8ClF3N2/c13-8-4-11(16)12(18-6-8)17-5-7-1-2-9(14)10(15)3-7/h1-4,6H,5H2,(H,17,18). The molecule has 1 aromatic carbocycles. The second-order valence-corrected chi connectivity index (χ2v) is 4.02. The van der Waals surface area contributed by atoms with Gasteiger partial charge in [0, 0.05) is 12.7 Å². The molecule has 0 amide bonds. The zero-order chi connectivity index (χ0) is 13.1. The van der Waals surface area contributed by atoms with Gasteiger partial charge in [-0.3, -0.25) is 0 Å². The minimum atomic E-state index is -0.946. The van der Waals surface area contributed by atoms with Crippen LogP contribution >= 0.6 is 11.6 Å². The molecule has 0 saturated heterocycles. The van der Waals surface area contributed by atoms with Gasteiger partial charge in [-0.25, -0.2) is 18.2 Å². The number of hydrogen-bond acceptors (Lipinski definition) is 2. The van der Waals surface area contributed by atoms with Crippen LogP contribution in [0.15, 0.2) is 30.5 Å². The van der Waals surface area contributed by atoms with Gasteiger partial charge in [0.05, 0.1) is 5.02 Å². The van der Waals surface area contributed by atoms with Gasteiger partial charge in [0.25, 0.3) is 0 Å². The first-order valence-corrected chi connectivity index (χ1v) is 5.43. The average Bonchev–Trinajstić information content (AvgIpc) is 2.32. The van der Waals surface area contributed by atoms with Gasteiger partial charge in [-0.15, -0.1) is 0 Å². The van der Waals surface area contributed by atoms with Crippen molar-refractivity contribution in [1.82, 2.24) is 4.98 Å². The molecule has 2 nitrogen and oxygen atoms in total. The van der Waals surface area contributed by atoms with Crippen molar-refractivity contribution in [3.8, 4) is 0 Å². The first kappa shape index (κ1) is 12.7. The smallest absolute Gasteiger partial charge is 0.166 e. The number of aromatic nitrogens is 1. The lowest BCUT2D eigenvalue weighted by atomic mass is 10.2. The molecule has 0 saturated carbocycles. The van der Waals surface area contributed by atoms with Crippen LogP contribution in [0, 0.1) is 17.5 Å². The van der Waals surface area contributed by atoms with Crippen LogP contribution in [0.4, 0.5) is 19.0 Å². The van der Waals surface area contributed by atoms with E-state index in [0.29, 0.717) is 5.56 Å². The number of rotatable bonds is 3. The molecule has 6 heteroatoms. The van der Waals surface area contributed by atoms with Gasteiger partial charge < -0.3 is 5.32 Å². The molecule has 1 aromatic heterocycles. The van der Waals surface area contributed by atoms with E-state index in [1.54, 1.807) is 0 Å². The molecule has 0 unspecified atom stereocenters. The maximum atomic E-state index is 13.4. The average molecular weight is 273 g/mol. The normalized spacial score (nSPS) is 10.4. The van der Waals surface area contributed by atoms with Crippen molar-refractivity contribution < 1.29 is 13.2 Å². The van der Waals surface area contributed by atoms with Crippen molar-refractivity contribution >= 4 is 17.4 Å². The van der Waals surface area contributed by atoms with Crippen molar-refractivity contribution in [2.75, 3.05) is 5.32 Å². The third-order valence-electron chi connectivity index (χ3n) is 2.25. The summed E-state index contributed by atoms with van der Waals surface area (Å²) in [5, 5.41) is 2.86. The van der Waals surface area contributed by atoms with Crippen LogP contribution in [0.25, 0.3) is 0 Å². The van der Waals surface area contributed by atoms with Gasteiger partial charge in [0.2, 0.25) is 0 Å². The Kier molecular flexibility index (Phi) is 3.72. The summed E-state index contributed by atoms with van der Waals surface area (Å²) in [5.41, 5.74) is 0.477. The molecule has 0 aliphatic carbocycles. The molecule has 0 bridgehead atoms. The van der Waals surface area contributed by atoms with Gasteiger partial charge in [-0.05, 0) is 23.8 Å². The minimum Gasteiger partial charge on any atom is -0.364 e. The lowest BCUT2D eigenvalue weighted by molar-refractivity contribution is 0.507. The number of hydrogen-bond donors (Lipinski definition) is 1. The van der Waals surface area contributed by atoms with Crippen molar-refractivity contribution in [1.29, 1.82) is 0 Å². The third-order valence-corrected chi connectivity index (χ3v) is 2.46. The van der Waals surface area contributed by atoms with Crippen LogP contribution < -0.4 is 5.32 Å². The molecule has 1 N–H and O–H groups in total. The Hall–Kier alpha value is -1.75. The van der Waals surface area contributed by atoms with Gasteiger partial charge in [-0.1, -0.05) is 17.7 Å². The van der Waals surface area contributed by atoms with E-state index in [4.69, 9.17) is 11.6 Å². The van der Waals surface area contributed by atoms with Gasteiger partial charge >= 0.3 is 0 Å². The lowest BCUT2D eigenvalue weighted by Gasteiger charge is -2.07. The van der Waals surface area contributed by atoms with Crippen LogP contribution in [0.3, 0.4) is 0 Å². The molecule has 0 fully saturated rings. The molecular weight excluding hydrogens is 265 g/mol. The summed E-state index contributed by atoms with van der Waals surface area (Å²) in [6, 6.07) is 4.57. The molecule has 0 aliphatic rings. The SMILES string of the molecule is Fc1ccc(CNc2ncc(Cl)cc2F)cc1F. The predicted octanol–water partition coefficient (Wildman–Crippen LogP) is 3.76. The Morgan fingerprint density at radius 1 is 1.06 bits per heavy atom. The number of benzene rings is 1. The highest BCUT2D eigenvalue weighted by Crippen LogP contribution is 2.16. The van der Waals surface area contributed by atoms with E-state index in [1.165, 1.54) is 12.3 Å². The van der Waals surface area contributed by atoms with Crippen molar-refractivity contribution in [2.45, 2.75) is 6.54 Å². The second-order valence-electron chi connectivity index (χ2n) is 3.59. The summed E-state index contributed by atoms with van der Waals surface area (Å²) in [6.07, 6.45) is 1.29. The highest BCUT2D eigenvalue weighted by Gasteiger charge is 2.06. The van der Waals surface area contributed by atoms with Gasteiger partial charge in [-0.2, -0.15) is 0 Å². The summed E-state index contributed by atoms with van der Waals surface area (Å²) in [5.74, 6) is -2.47. The van der Waals surface area contributed by atoms with Gasteiger partial charge in [0.15, 0.2) is 23.3 Å². The Labute approximate surface area is 106 Å². The van der Waals surface area contributed by atoms with Crippen LogP contribution in [0.5, 0.6) is 0 Å². The fourth-order valence-electron chi connectivity index (χ4n) is 1.38. The first-order chi connectivity index (χ1) is 8.56. The zero-order valence-corrected chi connectivity index (χ0v) is 9.81. The molecule has 2 aromatic rings. The number of nitrogens with zero attached hydrogens (tertiary/aromatic N) is 1. The summed E-state index contributed by atoms with van der Waals surface area (Å²) < 4.78 is 39.0. The first-order valence-electron chi connectivity index (χ1n) is 5.05. The fourth-order valence-corrected chi connectivity index (χ4v) is 1.52. The summed E-state index contributed by atoms with van der Waals surface area (Å²) in [4.78, 5) is 3.75. The van der Waals surface area contributed by atoms with Gasteiger partial charge in [0.1, 0.15) is 0 Å². The van der Waals surface area contributed by atoms with E-state index < -0.39 is 17.5 Å². The van der Waals surface area contributed by atoms with Crippen LogP contribution in [0.1, 0.15) is 5.56 Å². The summed E-state index contributed by atoms with van der Waals surface area (Å²) in [6.45, 7) is 0.128.